The van der Waals surface area contributed by atoms with Gasteiger partial charge >= 0.3 is 5.97 Å². The van der Waals surface area contributed by atoms with E-state index < -0.39 is 12.1 Å². The van der Waals surface area contributed by atoms with Gasteiger partial charge in [0, 0.05) is 12.8 Å². The molecule has 6 nitrogen and oxygen atoms in total. The zero-order valence-corrected chi connectivity index (χ0v) is 42.3. The summed E-state index contributed by atoms with van der Waals surface area (Å²) in [4.78, 5) is 24.4. The average molecular weight is 889 g/mol. The smallest absolute Gasteiger partial charge is 0.305 e. The highest BCUT2D eigenvalue weighted by Gasteiger charge is 2.20. The first-order chi connectivity index (χ1) is 31.0. The van der Waals surface area contributed by atoms with Crippen molar-refractivity contribution in [1.29, 1.82) is 0 Å². The molecule has 0 spiro atoms. The summed E-state index contributed by atoms with van der Waals surface area (Å²) < 4.78 is 5.45. The number of esters is 1. The molecule has 0 saturated carbocycles. The molecular formula is C57H109NO5. The van der Waals surface area contributed by atoms with Gasteiger partial charge in [-0.25, -0.2) is 0 Å². The Morgan fingerprint density at radius 2 is 0.762 bits per heavy atom. The van der Waals surface area contributed by atoms with Gasteiger partial charge in [0.05, 0.1) is 25.4 Å². The fourth-order valence-corrected chi connectivity index (χ4v) is 8.62. The van der Waals surface area contributed by atoms with Crippen LogP contribution < -0.4 is 5.32 Å². The molecule has 2 atom stereocenters. The van der Waals surface area contributed by atoms with E-state index in [-0.39, 0.29) is 18.5 Å². The summed E-state index contributed by atoms with van der Waals surface area (Å²) in [5.41, 5.74) is 0. The van der Waals surface area contributed by atoms with Gasteiger partial charge in [-0.2, -0.15) is 0 Å². The third-order valence-electron chi connectivity index (χ3n) is 13.0. The van der Waals surface area contributed by atoms with Crippen molar-refractivity contribution < 1.29 is 24.5 Å². The van der Waals surface area contributed by atoms with Crippen molar-refractivity contribution in [2.75, 3.05) is 13.2 Å². The predicted octanol–water partition coefficient (Wildman–Crippen LogP) is 17.1. The predicted molar refractivity (Wildman–Crippen MR) is 273 cm³/mol. The summed E-state index contributed by atoms with van der Waals surface area (Å²) in [6.07, 6.45) is 63.1. The Balaban J connectivity index is 3.41. The van der Waals surface area contributed by atoms with Crippen LogP contribution in [0.25, 0.3) is 0 Å². The lowest BCUT2D eigenvalue weighted by atomic mass is 10.0. The number of aliphatic hydroxyl groups excluding tert-OH is 2. The maximum Gasteiger partial charge on any atom is 0.305 e. The van der Waals surface area contributed by atoms with E-state index in [1.807, 2.05) is 0 Å². The monoisotopic (exact) mass is 888 g/mol. The molecule has 63 heavy (non-hydrogen) atoms. The molecule has 0 aliphatic carbocycles. The Kier molecular flexibility index (Phi) is 51.6. The maximum absolute atomic E-state index is 12.4. The van der Waals surface area contributed by atoms with E-state index in [0.717, 1.165) is 44.9 Å². The molecule has 0 aliphatic rings. The third-order valence-corrected chi connectivity index (χ3v) is 13.0. The van der Waals surface area contributed by atoms with Gasteiger partial charge in [0.15, 0.2) is 0 Å². The highest BCUT2D eigenvalue weighted by Crippen LogP contribution is 2.17. The first kappa shape index (κ1) is 61.3. The fourth-order valence-electron chi connectivity index (χ4n) is 8.62. The molecule has 372 valence electrons. The van der Waals surface area contributed by atoms with Crippen molar-refractivity contribution in [3.8, 4) is 0 Å². The minimum Gasteiger partial charge on any atom is -0.466 e. The average Bonchev–Trinajstić information content (AvgIpc) is 3.28. The van der Waals surface area contributed by atoms with Crippen LogP contribution in [0.3, 0.4) is 0 Å². The van der Waals surface area contributed by atoms with E-state index >= 15 is 0 Å². The van der Waals surface area contributed by atoms with Crippen LogP contribution in [0.15, 0.2) is 24.3 Å². The number of carbonyl (C=O) groups is 2. The highest BCUT2D eigenvalue weighted by atomic mass is 16.5. The van der Waals surface area contributed by atoms with Crippen LogP contribution in [0.2, 0.25) is 0 Å². The van der Waals surface area contributed by atoms with Crippen molar-refractivity contribution in [3.05, 3.63) is 24.3 Å². The van der Waals surface area contributed by atoms with E-state index in [2.05, 4.69) is 43.5 Å². The molecule has 0 aliphatic heterocycles. The number of rotatable bonds is 52. The molecule has 0 fully saturated rings. The van der Waals surface area contributed by atoms with Crippen LogP contribution in [0.5, 0.6) is 0 Å². The molecule has 0 rings (SSSR count). The minimum atomic E-state index is -0.666. The Labute approximate surface area is 392 Å². The van der Waals surface area contributed by atoms with Crippen molar-refractivity contribution in [3.63, 3.8) is 0 Å². The Hall–Kier alpha value is -1.66. The first-order valence-corrected chi connectivity index (χ1v) is 28.1. The summed E-state index contributed by atoms with van der Waals surface area (Å²) in [5, 5.41) is 23.2. The maximum atomic E-state index is 12.4. The molecule has 0 radical (unpaired) electrons. The van der Waals surface area contributed by atoms with Gasteiger partial charge in [-0.05, 0) is 70.6 Å². The second-order valence-electron chi connectivity index (χ2n) is 19.3. The van der Waals surface area contributed by atoms with Crippen LogP contribution in [0.1, 0.15) is 303 Å². The molecule has 1 amide bonds. The van der Waals surface area contributed by atoms with Crippen LogP contribution in [0, 0.1) is 0 Å². The number of nitrogens with one attached hydrogen (secondary N) is 1. The lowest BCUT2D eigenvalue weighted by Gasteiger charge is -2.22. The molecule has 6 heteroatoms. The Morgan fingerprint density at radius 1 is 0.429 bits per heavy atom. The largest absolute Gasteiger partial charge is 0.466 e. The molecule has 3 N–H and O–H groups in total. The van der Waals surface area contributed by atoms with Crippen molar-refractivity contribution in [2.24, 2.45) is 0 Å². The lowest BCUT2D eigenvalue weighted by Crippen LogP contribution is -2.45. The van der Waals surface area contributed by atoms with Gasteiger partial charge in [-0.1, -0.05) is 244 Å². The highest BCUT2D eigenvalue weighted by molar-refractivity contribution is 5.76. The molecule has 0 aromatic heterocycles. The second kappa shape index (κ2) is 53.0. The van der Waals surface area contributed by atoms with Gasteiger partial charge < -0.3 is 20.3 Å². The van der Waals surface area contributed by atoms with Crippen LogP contribution in [-0.4, -0.2) is 47.4 Å². The molecule has 0 heterocycles. The van der Waals surface area contributed by atoms with Gasteiger partial charge in [-0.3, -0.25) is 9.59 Å². The zero-order chi connectivity index (χ0) is 45.8. The number of ether oxygens (including phenoxy) is 1. The number of amides is 1. The summed E-state index contributed by atoms with van der Waals surface area (Å²) >= 11 is 0. The van der Waals surface area contributed by atoms with Crippen molar-refractivity contribution in [2.45, 2.75) is 315 Å². The van der Waals surface area contributed by atoms with Crippen molar-refractivity contribution >= 4 is 11.9 Å². The zero-order valence-electron chi connectivity index (χ0n) is 42.3. The Morgan fingerprint density at radius 3 is 1.17 bits per heavy atom. The summed E-state index contributed by atoms with van der Waals surface area (Å²) in [5.74, 6) is -0.0413. The number of hydrogen-bond acceptors (Lipinski definition) is 5. The van der Waals surface area contributed by atoms with Gasteiger partial charge in [0.25, 0.3) is 0 Å². The van der Waals surface area contributed by atoms with E-state index in [0.29, 0.717) is 25.9 Å². The summed E-state index contributed by atoms with van der Waals surface area (Å²) in [6, 6.07) is -0.544. The molecule has 0 aromatic rings. The summed E-state index contributed by atoms with van der Waals surface area (Å²) in [6.45, 7) is 4.91. The quantitative estimate of drug-likeness (QED) is 0.0321. The van der Waals surface area contributed by atoms with Crippen LogP contribution >= 0.6 is 0 Å². The second-order valence-corrected chi connectivity index (χ2v) is 19.3. The number of aliphatic hydroxyl groups is 2. The van der Waals surface area contributed by atoms with Crippen LogP contribution in [0.4, 0.5) is 0 Å². The molecule has 0 saturated heterocycles. The van der Waals surface area contributed by atoms with Crippen LogP contribution in [-0.2, 0) is 14.3 Å². The first-order valence-electron chi connectivity index (χ1n) is 28.1. The fraction of sp³-hybridized carbons (Fsp3) is 0.895. The van der Waals surface area contributed by atoms with Gasteiger partial charge in [-0.15, -0.1) is 0 Å². The number of carbonyl (C=O) groups excluding carboxylic acids is 2. The number of hydrogen-bond donors (Lipinski definition) is 3. The standard InChI is InChI=1S/C57H109NO5/c1-3-5-7-9-11-13-15-30-33-37-41-45-49-55(60)54(53-59)58-56(61)50-46-42-38-34-31-27-25-23-21-19-17-16-18-20-22-24-26-28-32-36-40-44-48-52-63-57(62)51-47-43-39-35-29-14-12-10-8-6-4-2/h10,12,19,21,54-55,59-60H,3-9,11,13-18,20,22-53H2,1-2H3,(H,58,61)/b12-10-,21-19-. The van der Waals surface area contributed by atoms with Gasteiger partial charge in [0.1, 0.15) is 0 Å². The molecule has 0 bridgehead atoms. The van der Waals surface area contributed by atoms with E-state index in [1.54, 1.807) is 0 Å². The van der Waals surface area contributed by atoms with Gasteiger partial charge in [0.2, 0.25) is 5.91 Å². The normalized spacial score (nSPS) is 12.8. The minimum absolute atomic E-state index is 0.000240. The number of allylic oxidation sites excluding steroid dienone is 4. The SMILES string of the molecule is CCCC/C=C\CCCCCCCC(=O)OCCCCCCCCCCCCCC/C=C\CCCCCCCCCC(=O)NC(CO)C(O)CCCCCCCCCCCCCC. The summed E-state index contributed by atoms with van der Waals surface area (Å²) in [7, 11) is 0. The third kappa shape index (κ3) is 49.6. The van der Waals surface area contributed by atoms with E-state index in [9.17, 15) is 19.8 Å². The molecule has 2 unspecified atom stereocenters. The molecular weight excluding hydrogens is 779 g/mol. The Bertz CT molecular complexity index is 982. The lowest BCUT2D eigenvalue weighted by molar-refractivity contribution is -0.143. The van der Waals surface area contributed by atoms with E-state index in [4.69, 9.17) is 4.74 Å². The number of unbranched alkanes of at least 4 members (excludes halogenated alkanes) is 37. The topological polar surface area (TPSA) is 95.9 Å². The molecule has 0 aromatic carbocycles. The van der Waals surface area contributed by atoms with Crippen molar-refractivity contribution in [1.82, 2.24) is 5.32 Å². The van der Waals surface area contributed by atoms with E-state index in [1.165, 1.54) is 225 Å².